The van der Waals surface area contributed by atoms with Gasteiger partial charge in [0.25, 0.3) is 0 Å². The predicted molar refractivity (Wildman–Crippen MR) is 49.3 cm³/mol. The Morgan fingerprint density at radius 3 is 3.15 bits per heavy atom. The summed E-state index contributed by atoms with van der Waals surface area (Å²) in [5.41, 5.74) is 1.03. The minimum absolute atomic E-state index is 0.619. The lowest BCUT2D eigenvalue weighted by Gasteiger charge is -2.04. The van der Waals surface area contributed by atoms with E-state index >= 15 is 0 Å². The van der Waals surface area contributed by atoms with E-state index in [1.54, 1.807) is 13.3 Å². The van der Waals surface area contributed by atoms with E-state index in [9.17, 15) is 0 Å². The highest BCUT2D eigenvalue weighted by Gasteiger charge is 2.08. The van der Waals surface area contributed by atoms with Gasteiger partial charge in [-0.05, 0) is 12.1 Å². The van der Waals surface area contributed by atoms with Crippen LogP contribution in [0.1, 0.15) is 12.0 Å². The molecule has 0 aliphatic carbocycles. The largest absolute Gasteiger partial charge is 0.493 e. The average molecular weight is 177 g/mol. The minimum atomic E-state index is 0.619. The van der Waals surface area contributed by atoms with Gasteiger partial charge in [-0.15, -0.1) is 0 Å². The number of ether oxygens (including phenoxy) is 2. The smallest absolute Gasteiger partial charge is 0.213 e. The maximum Gasteiger partial charge on any atom is 0.213 e. The lowest BCUT2D eigenvalue weighted by molar-refractivity contribution is 0.307. The molecule has 68 valence electrons. The van der Waals surface area contributed by atoms with Crippen molar-refractivity contribution in [1.82, 2.24) is 4.98 Å². The summed E-state index contributed by atoms with van der Waals surface area (Å²) in [5.74, 6) is 1.55. The van der Waals surface area contributed by atoms with Gasteiger partial charge < -0.3 is 9.47 Å². The molecule has 3 nitrogen and oxygen atoms in total. The predicted octanol–water partition coefficient (Wildman–Crippen LogP) is 1.85. The Morgan fingerprint density at radius 1 is 1.54 bits per heavy atom. The Kier molecular flexibility index (Phi) is 2.17. The van der Waals surface area contributed by atoms with Crippen LogP contribution in [0.25, 0.3) is 5.76 Å². The lowest BCUT2D eigenvalue weighted by Crippen LogP contribution is -1.90. The molecule has 0 spiro atoms. The fourth-order valence-electron chi connectivity index (χ4n) is 1.29. The molecular formula is C10H11NO2. The van der Waals surface area contributed by atoms with Gasteiger partial charge in [-0.1, -0.05) is 0 Å². The number of rotatable bonds is 2. The third-order valence-electron chi connectivity index (χ3n) is 1.93. The molecule has 2 rings (SSSR count). The summed E-state index contributed by atoms with van der Waals surface area (Å²) in [6.07, 6.45) is 4.78. The molecule has 0 radical (unpaired) electrons. The second-order valence-electron chi connectivity index (χ2n) is 2.79. The third kappa shape index (κ3) is 1.64. The van der Waals surface area contributed by atoms with Gasteiger partial charge in [0.2, 0.25) is 5.88 Å². The molecule has 0 atom stereocenters. The van der Waals surface area contributed by atoms with Gasteiger partial charge in [0.05, 0.1) is 13.7 Å². The zero-order chi connectivity index (χ0) is 9.10. The SMILES string of the molecule is COc1cc(C2=CCCO2)ccn1. The van der Waals surface area contributed by atoms with Gasteiger partial charge in [0.15, 0.2) is 0 Å². The van der Waals surface area contributed by atoms with Crippen LogP contribution in [0.15, 0.2) is 24.4 Å². The third-order valence-corrected chi connectivity index (χ3v) is 1.93. The Labute approximate surface area is 77.0 Å². The molecule has 0 fully saturated rings. The fourth-order valence-corrected chi connectivity index (χ4v) is 1.29. The van der Waals surface area contributed by atoms with E-state index in [-0.39, 0.29) is 0 Å². The zero-order valence-electron chi connectivity index (χ0n) is 7.49. The van der Waals surface area contributed by atoms with Crippen molar-refractivity contribution in [2.45, 2.75) is 6.42 Å². The molecular weight excluding hydrogens is 166 g/mol. The van der Waals surface area contributed by atoms with Crippen LogP contribution in [0.3, 0.4) is 0 Å². The first kappa shape index (κ1) is 8.10. The molecule has 0 aromatic carbocycles. The van der Waals surface area contributed by atoms with Crippen LogP contribution in [0.4, 0.5) is 0 Å². The van der Waals surface area contributed by atoms with Crippen LogP contribution >= 0.6 is 0 Å². The molecule has 2 heterocycles. The number of hydrogen-bond donors (Lipinski definition) is 0. The Bertz CT molecular complexity index is 333. The van der Waals surface area contributed by atoms with Gasteiger partial charge in [0, 0.05) is 24.2 Å². The van der Waals surface area contributed by atoms with Gasteiger partial charge >= 0.3 is 0 Å². The molecule has 1 aliphatic heterocycles. The highest BCUT2D eigenvalue weighted by molar-refractivity contribution is 5.61. The molecule has 0 saturated carbocycles. The Balaban J connectivity index is 2.29. The van der Waals surface area contributed by atoms with E-state index < -0.39 is 0 Å². The van der Waals surface area contributed by atoms with Crippen molar-refractivity contribution in [3.8, 4) is 5.88 Å². The lowest BCUT2D eigenvalue weighted by atomic mass is 10.2. The molecule has 1 aliphatic rings. The van der Waals surface area contributed by atoms with E-state index in [0.29, 0.717) is 5.88 Å². The summed E-state index contributed by atoms with van der Waals surface area (Å²) < 4.78 is 10.4. The first-order chi connectivity index (χ1) is 6.40. The summed E-state index contributed by atoms with van der Waals surface area (Å²) >= 11 is 0. The molecule has 0 saturated heterocycles. The van der Waals surface area contributed by atoms with Crippen molar-refractivity contribution in [3.05, 3.63) is 30.0 Å². The summed E-state index contributed by atoms with van der Waals surface area (Å²) in [6.45, 7) is 0.778. The number of hydrogen-bond acceptors (Lipinski definition) is 3. The highest BCUT2D eigenvalue weighted by Crippen LogP contribution is 2.23. The maximum atomic E-state index is 5.42. The van der Waals surface area contributed by atoms with Crippen LogP contribution in [-0.4, -0.2) is 18.7 Å². The van der Waals surface area contributed by atoms with Crippen molar-refractivity contribution >= 4 is 5.76 Å². The molecule has 0 amide bonds. The quantitative estimate of drug-likeness (QED) is 0.690. The molecule has 1 aromatic rings. The fraction of sp³-hybridized carbons (Fsp3) is 0.300. The molecule has 13 heavy (non-hydrogen) atoms. The summed E-state index contributed by atoms with van der Waals surface area (Å²) in [7, 11) is 1.61. The van der Waals surface area contributed by atoms with Crippen molar-refractivity contribution in [3.63, 3.8) is 0 Å². The molecule has 3 heteroatoms. The normalized spacial score (nSPS) is 15.0. The number of aromatic nitrogens is 1. The first-order valence-electron chi connectivity index (χ1n) is 4.23. The number of nitrogens with zero attached hydrogens (tertiary/aromatic N) is 1. The van der Waals surface area contributed by atoms with Crippen molar-refractivity contribution < 1.29 is 9.47 Å². The zero-order valence-corrected chi connectivity index (χ0v) is 7.49. The molecule has 1 aromatic heterocycles. The van der Waals surface area contributed by atoms with Gasteiger partial charge in [0.1, 0.15) is 5.76 Å². The van der Waals surface area contributed by atoms with Crippen molar-refractivity contribution in [2.24, 2.45) is 0 Å². The van der Waals surface area contributed by atoms with Gasteiger partial charge in [-0.2, -0.15) is 0 Å². The van der Waals surface area contributed by atoms with Gasteiger partial charge in [-0.3, -0.25) is 0 Å². The van der Waals surface area contributed by atoms with Crippen molar-refractivity contribution in [2.75, 3.05) is 13.7 Å². The second-order valence-corrected chi connectivity index (χ2v) is 2.79. The molecule has 0 N–H and O–H groups in total. The van der Waals surface area contributed by atoms with Crippen LogP contribution in [-0.2, 0) is 4.74 Å². The van der Waals surface area contributed by atoms with E-state index in [4.69, 9.17) is 9.47 Å². The van der Waals surface area contributed by atoms with Crippen LogP contribution in [0.5, 0.6) is 5.88 Å². The van der Waals surface area contributed by atoms with E-state index in [2.05, 4.69) is 11.1 Å². The Morgan fingerprint density at radius 2 is 2.46 bits per heavy atom. The van der Waals surface area contributed by atoms with Crippen LogP contribution < -0.4 is 4.74 Å². The highest BCUT2D eigenvalue weighted by atomic mass is 16.5. The van der Waals surface area contributed by atoms with E-state index in [1.165, 1.54) is 0 Å². The number of methoxy groups -OCH3 is 1. The van der Waals surface area contributed by atoms with E-state index in [1.807, 2.05) is 12.1 Å². The minimum Gasteiger partial charge on any atom is -0.493 e. The average Bonchev–Trinajstić information content (AvgIpc) is 2.71. The maximum absolute atomic E-state index is 5.42. The monoisotopic (exact) mass is 177 g/mol. The Hall–Kier alpha value is -1.51. The first-order valence-corrected chi connectivity index (χ1v) is 4.23. The molecule has 0 unspecified atom stereocenters. The van der Waals surface area contributed by atoms with Crippen molar-refractivity contribution in [1.29, 1.82) is 0 Å². The molecule has 0 bridgehead atoms. The topological polar surface area (TPSA) is 31.4 Å². The van der Waals surface area contributed by atoms with Crippen LogP contribution in [0.2, 0.25) is 0 Å². The summed E-state index contributed by atoms with van der Waals surface area (Å²) in [4.78, 5) is 4.02. The van der Waals surface area contributed by atoms with Gasteiger partial charge in [-0.25, -0.2) is 4.98 Å². The van der Waals surface area contributed by atoms with E-state index in [0.717, 1.165) is 24.4 Å². The second kappa shape index (κ2) is 3.47. The van der Waals surface area contributed by atoms with Crippen LogP contribution in [0, 0.1) is 0 Å². The summed E-state index contributed by atoms with van der Waals surface area (Å²) in [6, 6.07) is 3.79. The number of pyridine rings is 1. The standard InChI is InChI=1S/C10H11NO2/c1-12-10-7-8(4-5-11-10)9-3-2-6-13-9/h3-5,7H,2,6H2,1H3. The summed E-state index contributed by atoms with van der Waals surface area (Å²) in [5, 5.41) is 0.